The Morgan fingerprint density at radius 3 is 2.60 bits per heavy atom. The van der Waals surface area contributed by atoms with Crippen molar-refractivity contribution in [2.24, 2.45) is 5.73 Å². The standard InChI is InChI=1S/C15H14BrClFNS/c16-15-6-3-12(18)7-10(15)8-13(19)9-20-14-4-1-11(17)2-5-14/h1-7,13H,8-9,19H2. The summed E-state index contributed by atoms with van der Waals surface area (Å²) in [6.07, 6.45) is 0.638. The second-order valence-electron chi connectivity index (χ2n) is 4.46. The molecule has 0 bridgehead atoms. The molecule has 2 rings (SSSR count). The summed E-state index contributed by atoms with van der Waals surface area (Å²) in [4.78, 5) is 1.13. The topological polar surface area (TPSA) is 26.0 Å². The summed E-state index contributed by atoms with van der Waals surface area (Å²) in [5, 5.41) is 0.724. The first kappa shape index (κ1) is 15.8. The number of benzene rings is 2. The number of nitrogens with two attached hydrogens (primary N) is 1. The fourth-order valence-corrected chi connectivity index (χ4v) is 3.16. The van der Waals surface area contributed by atoms with Gasteiger partial charge in [-0.15, -0.1) is 11.8 Å². The summed E-state index contributed by atoms with van der Waals surface area (Å²) >= 11 is 10.9. The van der Waals surface area contributed by atoms with Crippen LogP contribution in [0.1, 0.15) is 5.56 Å². The molecule has 5 heteroatoms. The van der Waals surface area contributed by atoms with Crippen LogP contribution >= 0.6 is 39.3 Å². The summed E-state index contributed by atoms with van der Waals surface area (Å²) in [6.45, 7) is 0. The van der Waals surface area contributed by atoms with Crippen LogP contribution in [0.5, 0.6) is 0 Å². The highest BCUT2D eigenvalue weighted by molar-refractivity contribution is 9.10. The SMILES string of the molecule is NC(CSc1ccc(Cl)cc1)Cc1cc(F)ccc1Br. The first-order valence-corrected chi connectivity index (χ1v) is 8.28. The van der Waals surface area contributed by atoms with E-state index in [1.165, 1.54) is 12.1 Å². The van der Waals surface area contributed by atoms with Gasteiger partial charge in [-0.2, -0.15) is 0 Å². The lowest BCUT2D eigenvalue weighted by Gasteiger charge is -2.12. The number of halogens is 3. The Labute approximate surface area is 135 Å². The Morgan fingerprint density at radius 1 is 1.20 bits per heavy atom. The molecule has 0 aliphatic rings. The molecule has 20 heavy (non-hydrogen) atoms. The molecule has 2 aromatic rings. The van der Waals surface area contributed by atoms with Gasteiger partial charge in [-0.3, -0.25) is 0 Å². The Balaban J connectivity index is 1.90. The maximum Gasteiger partial charge on any atom is 0.123 e. The van der Waals surface area contributed by atoms with Crippen LogP contribution in [0, 0.1) is 5.82 Å². The minimum Gasteiger partial charge on any atom is -0.327 e. The van der Waals surface area contributed by atoms with E-state index in [1.807, 2.05) is 24.3 Å². The van der Waals surface area contributed by atoms with Gasteiger partial charge >= 0.3 is 0 Å². The summed E-state index contributed by atoms with van der Waals surface area (Å²) < 4.78 is 14.1. The van der Waals surface area contributed by atoms with Gasteiger partial charge in [-0.05, 0) is 54.4 Å². The molecule has 2 N–H and O–H groups in total. The minimum atomic E-state index is -0.235. The summed E-state index contributed by atoms with van der Waals surface area (Å²) in [5.74, 6) is 0.533. The number of thioether (sulfide) groups is 1. The van der Waals surface area contributed by atoms with Crippen molar-refractivity contribution in [1.82, 2.24) is 0 Å². The van der Waals surface area contributed by atoms with Crippen molar-refractivity contribution < 1.29 is 4.39 Å². The lowest BCUT2D eigenvalue weighted by molar-refractivity contribution is 0.622. The van der Waals surface area contributed by atoms with Gasteiger partial charge < -0.3 is 5.73 Å². The van der Waals surface area contributed by atoms with Crippen molar-refractivity contribution in [2.75, 3.05) is 5.75 Å². The molecule has 0 fully saturated rings. The van der Waals surface area contributed by atoms with E-state index < -0.39 is 0 Å². The van der Waals surface area contributed by atoms with Gasteiger partial charge in [0.25, 0.3) is 0 Å². The zero-order valence-electron chi connectivity index (χ0n) is 10.7. The molecule has 106 valence electrons. The molecule has 1 nitrogen and oxygen atoms in total. The van der Waals surface area contributed by atoms with E-state index in [2.05, 4.69) is 15.9 Å². The molecule has 0 spiro atoms. The second kappa shape index (κ2) is 7.46. The molecule has 0 saturated heterocycles. The third-order valence-corrected chi connectivity index (χ3v) is 4.99. The number of hydrogen-bond acceptors (Lipinski definition) is 2. The molecule has 0 radical (unpaired) electrons. The first-order chi connectivity index (χ1) is 9.54. The van der Waals surface area contributed by atoms with Crippen molar-refractivity contribution in [3.63, 3.8) is 0 Å². The normalized spacial score (nSPS) is 12.4. The van der Waals surface area contributed by atoms with Crippen molar-refractivity contribution in [3.05, 3.63) is 63.3 Å². The highest BCUT2D eigenvalue weighted by Gasteiger charge is 2.09. The van der Waals surface area contributed by atoms with Gasteiger partial charge in [0.1, 0.15) is 5.82 Å². The third kappa shape index (κ3) is 4.77. The van der Waals surface area contributed by atoms with E-state index >= 15 is 0 Å². The minimum absolute atomic E-state index is 0.0335. The molecule has 0 amide bonds. The Kier molecular flexibility index (Phi) is 5.90. The maximum atomic E-state index is 13.2. The molecular weight excluding hydrogens is 361 g/mol. The van der Waals surface area contributed by atoms with Gasteiger partial charge in [-0.1, -0.05) is 27.5 Å². The molecule has 1 unspecified atom stereocenters. The van der Waals surface area contributed by atoms with Gasteiger partial charge in [0, 0.05) is 26.2 Å². The monoisotopic (exact) mass is 373 g/mol. The average molecular weight is 375 g/mol. The van der Waals surface area contributed by atoms with E-state index in [9.17, 15) is 4.39 Å². The maximum absolute atomic E-state index is 13.2. The molecular formula is C15H14BrClFNS. The Bertz CT molecular complexity index is 577. The van der Waals surface area contributed by atoms with Crippen molar-refractivity contribution in [3.8, 4) is 0 Å². The first-order valence-electron chi connectivity index (χ1n) is 6.12. The van der Waals surface area contributed by atoms with E-state index in [1.54, 1.807) is 17.8 Å². The van der Waals surface area contributed by atoms with E-state index in [4.69, 9.17) is 17.3 Å². The zero-order chi connectivity index (χ0) is 14.5. The smallest absolute Gasteiger partial charge is 0.123 e. The fraction of sp³-hybridized carbons (Fsp3) is 0.200. The largest absolute Gasteiger partial charge is 0.327 e. The highest BCUT2D eigenvalue weighted by atomic mass is 79.9. The van der Waals surface area contributed by atoms with Gasteiger partial charge in [-0.25, -0.2) is 4.39 Å². The van der Waals surface area contributed by atoms with Gasteiger partial charge in [0.2, 0.25) is 0 Å². The summed E-state index contributed by atoms with van der Waals surface area (Å²) in [6, 6.07) is 12.3. The highest BCUT2D eigenvalue weighted by Crippen LogP contribution is 2.23. The van der Waals surface area contributed by atoms with Crippen LogP contribution in [0.15, 0.2) is 51.8 Å². The van der Waals surface area contributed by atoms with Crippen LogP contribution in [-0.4, -0.2) is 11.8 Å². The second-order valence-corrected chi connectivity index (χ2v) is 6.85. The molecule has 0 aromatic heterocycles. The lowest BCUT2D eigenvalue weighted by atomic mass is 10.1. The third-order valence-electron chi connectivity index (χ3n) is 2.77. The molecule has 0 saturated carbocycles. The predicted molar refractivity (Wildman–Crippen MR) is 88.0 cm³/mol. The van der Waals surface area contributed by atoms with E-state index in [0.29, 0.717) is 6.42 Å². The number of rotatable bonds is 5. The van der Waals surface area contributed by atoms with Crippen molar-refractivity contribution in [2.45, 2.75) is 17.4 Å². The van der Waals surface area contributed by atoms with Crippen LogP contribution < -0.4 is 5.73 Å². The fourth-order valence-electron chi connectivity index (χ4n) is 1.78. The van der Waals surface area contributed by atoms with E-state index in [-0.39, 0.29) is 11.9 Å². The van der Waals surface area contributed by atoms with Crippen LogP contribution in [0.4, 0.5) is 4.39 Å². The zero-order valence-corrected chi connectivity index (χ0v) is 13.8. The lowest BCUT2D eigenvalue weighted by Crippen LogP contribution is -2.25. The van der Waals surface area contributed by atoms with Crippen LogP contribution in [0.3, 0.4) is 0 Å². The van der Waals surface area contributed by atoms with Gasteiger partial charge in [0.15, 0.2) is 0 Å². The Morgan fingerprint density at radius 2 is 1.90 bits per heavy atom. The van der Waals surface area contributed by atoms with E-state index in [0.717, 1.165) is 25.7 Å². The van der Waals surface area contributed by atoms with Crippen LogP contribution in [0.2, 0.25) is 5.02 Å². The summed E-state index contributed by atoms with van der Waals surface area (Å²) in [5.41, 5.74) is 7.01. The molecule has 0 aliphatic heterocycles. The quantitative estimate of drug-likeness (QED) is 0.753. The molecule has 0 aliphatic carbocycles. The van der Waals surface area contributed by atoms with Gasteiger partial charge in [0.05, 0.1) is 0 Å². The molecule has 0 heterocycles. The summed E-state index contributed by atoms with van der Waals surface area (Å²) in [7, 11) is 0. The molecule has 1 atom stereocenters. The van der Waals surface area contributed by atoms with Crippen LogP contribution in [0.25, 0.3) is 0 Å². The van der Waals surface area contributed by atoms with Crippen molar-refractivity contribution >= 4 is 39.3 Å². The Hall–Kier alpha value is -0.550. The average Bonchev–Trinajstić information content (AvgIpc) is 2.42. The van der Waals surface area contributed by atoms with Crippen molar-refractivity contribution in [1.29, 1.82) is 0 Å². The van der Waals surface area contributed by atoms with Crippen LogP contribution in [-0.2, 0) is 6.42 Å². The molecule has 2 aromatic carbocycles. The predicted octanol–water partition coefficient (Wildman–Crippen LogP) is 4.90. The number of hydrogen-bond donors (Lipinski definition) is 1.